The summed E-state index contributed by atoms with van der Waals surface area (Å²) in [6, 6.07) is 0. The fourth-order valence-electron chi connectivity index (χ4n) is 0.847. The van der Waals surface area contributed by atoms with Crippen LogP contribution in [-0.2, 0) is 6.54 Å². The third-order valence-electron chi connectivity index (χ3n) is 1.50. The average molecular weight is 189 g/mol. The van der Waals surface area contributed by atoms with Gasteiger partial charge in [0.05, 0.1) is 13.4 Å². The van der Waals surface area contributed by atoms with Crippen LogP contribution in [-0.4, -0.2) is 16.7 Å². The molecule has 0 aliphatic rings. The van der Waals surface area contributed by atoms with Gasteiger partial charge >= 0.3 is 0 Å². The summed E-state index contributed by atoms with van der Waals surface area (Å²) in [6.07, 6.45) is 1.40. The molecule has 1 rings (SSSR count). The quantitative estimate of drug-likeness (QED) is 0.649. The Bertz CT molecular complexity index is 335. The Balaban J connectivity index is 3.34. The van der Waals surface area contributed by atoms with Gasteiger partial charge in [0.2, 0.25) is 5.75 Å². The lowest BCUT2D eigenvalue weighted by molar-refractivity contribution is 0.400. The molecule has 1 heterocycles. The van der Waals surface area contributed by atoms with Crippen LogP contribution < -0.4 is 10.3 Å². The molecule has 0 bridgehead atoms. The summed E-state index contributed by atoms with van der Waals surface area (Å²) >= 11 is 5.61. The number of rotatable bonds is 2. The first-order chi connectivity index (χ1) is 5.70. The summed E-state index contributed by atoms with van der Waals surface area (Å²) in [5.41, 5.74) is -0.250. The Labute approximate surface area is 74.8 Å². The third kappa shape index (κ3) is 1.43. The molecule has 66 valence electrons. The predicted octanol–water partition coefficient (Wildman–Crippen LogP) is 0.925. The average Bonchev–Trinajstić information content (AvgIpc) is 2.06. The van der Waals surface area contributed by atoms with E-state index in [9.17, 15) is 4.79 Å². The maximum absolute atomic E-state index is 11.4. The Morgan fingerprint density at radius 1 is 1.75 bits per heavy atom. The van der Waals surface area contributed by atoms with Crippen molar-refractivity contribution in [2.75, 3.05) is 7.11 Å². The van der Waals surface area contributed by atoms with Crippen LogP contribution in [0.3, 0.4) is 0 Å². The molecule has 1 aromatic rings. The zero-order valence-corrected chi connectivity index (χ0v) is 7.63. The van der Waals surface area contributed by atoms with Gasteiger partial charge < -0.3 is 4.74 Å². The molecular formula is C7H9ClN2O2. The molecular weight excluding hydrogens is 180 g/mol. The molecule has 5 heteroatoms. The number of hydrogen-bond acceptors (Lipinski definition) is 3. The first kappa shape index (κ1) is 9.06. The van der Waals surface area contributed by atoms with Crippen molar-refractivity contribution in [3.63, 3.8) is 0 Å². The van der Waals surface area contributed by atoms with Crippen molar-refractivity contribution in [3.8, 4) is 5.75 Å². The number of aromatic nitrogens is 2. The Kier molecular flexibility index (Phi) is 2.70. The van der Waals surface area contributed by atoms with Gasteiger partial charge in [-0.1, -0.05) is 11.6 Å². The number of nitrogens with zero attached hydrogens (tertiary/aromatic N) is 2. The second-order valence-electron chi connectivity index (χ2n) is 2.16. The van der Waals surface area contributed by atoms with Gasteiger partial charge in [-0.25, -0.2) is 4.98 Å². The van der Waals surface area contributed by atoms with Crippen LogP contribution in [0.25, 0.3) is 0 Å². The molecule has 12 heavy (non-hydrogen) atoms. The highest BCUT2D eigenvalue weighted by molar-refractivity contribution is 6.30. The van der Waals surface area contributed by atoms with Gasteiger partial charge in [0.15, 0.2) is 5.15 Å². The fourth-order valence-corrected chi connectivity index (χ4v) is 1.05. The molecule has 0 spiro atoms. The van der Waals surface area contributed by atoms with Crippen LogP contribution >= 0.6 is 11.6 Å². The molecule has 0 N–H and O–H groups in total. The zero-order valence-electron chi connectivity index (χ0n) is 6.87. The highest BCUT2D eigenvalue weighted by Gasteiger charge is 2.08. The van der Waals surface area contributed by atoms with Crippen LogP contribution in [0.15, 0.2) is 11.1 Å². The number of ether oxygens (including phenoxy) is 1. The molecule has 0 saturated heterocycles. The van der Waals surface area contributed by atoms with Crippen LogP contribution in [0, 0.1) is 0 Å². The van der Waals surface area contributed by atoms with Crippen molar-refractivity contribution in [1.82, 2.24) is 9.55 Å². The van der Waals surface area contributed by atoms with E-state index in [1.54, 1.807) is 0 Å². The number of aryl methyl sites for hydroxylation is 1. The lowest BCUT2D eigenvalue weighted by Crippen LogP contribution is -2.21. The lowest BCUT2D eigenvalue weighted by atomic mass is 10.5. The van der Waals surface area contributed by atoms with Crippen molar-refractivity contribution in [1.29, 1.82) is 0 Å². The van der Waals surface area contributed by atoms with Crippen molar-refractivity contribution >= 4 is 11.6 Å². The highest BCUT2D eigenvalue weighted by Crippen LogP contribution is 2.14. The minimum atomic E-state index is -0.250. The molecule has 0 atom stereocenters. The maximum Gasteiger partial charge on any atom is 0.297 e. The first-order valence-electron chi connectivity index (χ1n) is 3.49. The third-order valence-corrected chi connectivity index (χ3v) is 1.77. The van der Waals surface area contributed by atoms with Crippen molar-refractivity contribution in [2.45, 2.75) is 13.5 Å². The largest absolute Gasteiger partial charge is 0.489 e. The fraction of sp³-hybridized carbons (Fsp3) is 0.429. The molecule has 0 fully saturated rings. The number of halogens is 1. The Morgan fingerprint density at radius 2 is 2.42 bits per heavy atom. The maximum atomic E-state index is 11.4. The van der Waals surface area contributed by atoms with Gasteiger partial charge in [0.1, 0.15) is 0 Å². The molecule has 1 aromatic heterocycles. The van der Waals surface area contributed by atoms with E-state index < -0.39 is 0 Å². The molecule has 0 aliphatic heterocycles. The SMILES string of the molecule is CCn1cnc(Cl)c(OC)c1=O. The van der Waals surface area contributed by atoms with E-state index in [1.165, 1.54) is 18.0 Å². The molecule has 0 amide bonds. The summed E-state index contributed by atoms with van der Waals surface area (Å²) in [7, 11) is 1.39. The zero-order chi connectivity index (χ0) is 9.14. The van der Waals surface area contributed by atoms with E-state index in [1.807, 2.05) is 6.92 Å². The molecule has 0 radical (unpaired) electrons. The molecule has 4 nitrogen and oxygen atoms in total. The summed E-state index contributed by atoms with van der Waals surface area (Å²) < 4.78 is 6.21. The topological polar surface area (TPSA) is 44.1 Å². The highest BCUT2D eigenvalue weighted by atomic mass is 35.5. The second kappa shape index (κ2) is 3.58. The van der Waals surface area contributed by atoms with Crippen molar-refractivity contribution in [3.05, 3.63) is 21.8 Å². The lowest BCUT2D eigenvalue weighted by Gasteiger charge is -2.04. The Morgan fingerprint density at radius 3 is 2.92 bits per heavy atom. The molecule has 0 aliphatic carbocycles. The van der Waals surface area contributed by atoms with E-state index in [4.69, 9.17) is 16.3 Å². The van der Waals surface area contributed by atoms with Gasteiger partial charge in [-0.15, -0.1) is 0 Å². The minimum absolute atomic E-state index is 0.0982. The minimum Gasteiger partial charge on any atom is -0.489 e. The van der Waals surface area contributed by atoms with Crippen LogP contribution in [0.5, 0.6) is 5.75 Å². The molecule has 0 saturated carbocycles. The van der Waals surface area contributed by atoms with Gasteiger partial charge in [-0.2, -0.15) is 0 Å². The van der Waals surface area contributed by atoms with E-state index in [2.05, 4.69) is 4.98 Å². The van der Waals surface area contributed by atoms with E-state index in [0.717, 1.165) is 0 Å². The smallest absolute Gasteiger partial charge is 0.297 e. The first-order valence-corrected chi connectivity index (χ1v) is 3.87. The summed E-state index contributed by atoms with van der Waals surface area (Å²) in [4.78, 5) is 15.2. The van der Waals surface area contributed by atoms with Crippen LogP contribution in [0.4, 0.5) is 0 Å². The molecule has 0 unspecified atom stereocenters. The predicted molar refractivity (Wildman–Crippen MR) is 45.7 cm³/mol. The van der Waals surface area contributed by atoms with E-state index in [0.29, 0.717) is 6.54 Å². The van der Waals surface area contributed by atoms with E-state index in [-0.39, 0.29) is 16.5 Å². The van der Waals surface area contributed by atoms with Crippen LogP contribution in [0.2, 0.25) is 5.15 Å². The van der Waals surface area contributed by atoms with Crippen molar-refractivity contribution in [2.24, 2.45) is 0 Å². The van der Waals surface area contributed by atoms with Crippen LogP contribution in [0.1, 0.15) is 6.92 Å². The van der Waals surface area contributed by atoms with Gasteiger partial charge in [0, 0.05) is 6.54 Å². The molecule has 0 aromatic carbocycles. The van der Waals surface area contributed by atoms with E-state index >= 15 is 0 Å². The second-order valence-corrected chi connectivity index (χ2v) is 2.52. The normalized spacial score (nSPS) is 9.92. The van der Waals surface area contributed by atoms with Crippen molar-refractivity contribution < 1.29 is 4.74 Å². The number of hydrogen-bond donors (Lipinski definition) is 0. The summed E-state index contributed by atoms with van der Waals surface area (Å²) in [6.45, 7) is 2.40. The standard InChI is InChI=1S/C7H9ClN2O2/c1-3-10-4-9-6(8)5(12-2)7(10)11/h4H,3H2,1-2H3. The van der Waals surface area contributed by atoms with Gasteiger partial charge in [-0.3, -0.25) is 9.36 Å². The Hall–Kier alpha value is -1.03. The van der Waals surface area contributed by atoms with Gasteiger partial charge in [-0.05, 0) is 6.92 Å². The summed E-state index contributed by atoms with van der Waals surface area (Å²) in [5, 5.41) is 0.104. The van der Waals surface area contributed by atoms with Gasteiger partial charge in [0.25, 0.3) is 5.56 Å². The summed E-state index contributed by atoms with van der Waals surface area (Å²) in [5.74, 6) is 0.0982. The monoisotopic (exact) mass is 188 g/mol. The number of methoxy groups -OCH3 is 1.